The normalized spacial score (nSPS) is 20.4. The lowest BCUT2D eigenvalue weighted by molar-refractivity contribution is -0.121. The number of carbonyl (C=O) groups is 1. The van der Waals surface area contributed by atoms with Gasteiger partial charge in [0, 0.05) is 23.2 Å². The first-order valence-corrected chi connectivity index (χ1v) is 10.4. The minimum atomic E-state index is -0.220. The first-order chi connectivity index (χ1) is 14.0. The summed E-state index contributed by atoms with van der Waals surface area (Å²) in [5.74, 6) is 0.618. The lowest BCUT2D eigenvalue weighted by atomic mass is 9.73. The molecule has 1 aliphatic carbocycles. The number of aromatic nitrogens is 1. The highest BCUT2D eigenvalue weighted by Gasteiger charge is 2.30. The second-order valence-corrected chi connectivity index (χ2v) is 8.32. The molecular formula is C25H27FN2O. The summed E-state index contributed by atoms with van der Waals surface area (Å²) in [7, 11) is 0. The van der Waals surface area contributed by atoms with Gasteiger partial charge in [-0.2, -0.15) is 0 Å². The molecule has 0 spiro atoms. The van der Waals surface area contributed by atoms with Crippen LogP contribution in [0.4, 0.5) is 10.1 Å². The molecule has 3 nitrogen and oxygen atoms in total. The van der Waals surface area contributed by atoms with E-state index in [4.69, 9.17) is 0 Å². The van der Waals surface area contributed by atoms with Crippen molar-refractivity contribution in [2.24, 2.45) is 11.8 Å². The van der Waals surface area contributed by atoms with Gasteiger partial charge in [-0.1, -0.05) is 19.1 Å². The molecule has 0 unspecified atom stereocenters. The summed E-state index contributed by atoms with van der Waals surface area (Å²) in [6, 6.07) is 14.7. The van der Waals surface area contributed by atoms with Gasteiger partial charge in [0.2, 0.25) is 5.91 Å². The van der Waals surface area contributed by atoms with Gasteiger partial charge in [-0.05, 0) is 92.0 Å². The van der Waals surface area contributed by atoms with Crippen LogP contribution in [-0.4, -0.2) is 10.9 Å². The van der Waals surface area contributed by atoms with Crippen molar-refractivity contribution in [1.82, 2.24) is 4.98 Å². The van der Waals surface area contributed by atoms with Crippen LogP contribution < -0.4 is 5.32 Å². The van der Waals surface area contributed by atoms with Crippen LogP contribution in [0.25, 0.3) is 10.9 Å². The van der Waals surface area contributed by atoms with Gasteiger partial charge in [-0.25, -0.2) is 4.39 Å². The van der Waals surface area contributed by atoms with Gasteiger partial charge in [0.25, 0.3) is 0 Å². The van der Waals surface area contributed by atoms with E-state index in [0.717, 1.165) is 47.8 Å². The van der Waals surface area contributed by atoms with Crippen molar-refractivity contribution in [3.8, 4) is 0 Å². The summed E-state index contributed by atoms with van der Waals surface area (Å²) in [6.07, 6.45) is 5.86. The molecule has 4 rings (SSSR count). The fourth-order valence-electron chi connectivity index (χ4n) is 4.62. The quantitative estimate of drug-likeness (QED) is 0.574. The summed E-state index contributed by atoms with van der Waals surface area (Å²) < 4.78 is 13.8. The maximum atomic E-state index is 13.8. The van der Waals surface area contributed by atoms with Gasteiger partial charge in [0.15, 0.2) is 0 Å². The molecule has 1 heterocycles. The van der Waals surface area contributed by atoms with Crippen LogP contribution in [0.3, 0.4) is 0 Å². The monoisotopic (exact) mass is 390 g/mol. The van der Waals surface area contributed by atoms with Gasteiger partial charge in [0.1, 0.15) is 5.82 Å². The largest absolute Gasteiger partial charge is 0.326 e. The SMILES string of the molecule is Cc1cccc(NC(=O)[C@H](C)C2CCC(c3ccnc4ccc(F)cc34)CC2)c1. The van der Waals surface area contributed by atoms with E-state index in [1.807, 2.05) is 50.4 Å². The summed E-state index contributed by atoms with van der Waals surface area (Å²) in [6.45, 7) is 4.06. The minimum absolute atomic E-state index is 0.0249. The number of pyridine rings is 1. The van der Waals surface area contributed by atoms with E-state index in [1.54, 1.807) is 12.1 Å². The Balaban J connectivity index is 1.41. The van der Waals surface area contributed by atoms with E-state index in [-0.39, 0.29) is 17.6 Å². The molecule has 29 heavy (non-hydrogen) atoms. The number of benzene rings is 2. The number of fused-ring (bicyclic) bond motifs is 1. The van der Waals surface area contributed by atoms with Crippen molar-refractivity contribution >= 4 is 22.5 Å². The van der Waals surface area contributed by atoms with E-state index >= 15 is 0 Å². The average molecular weight is 391 g/mol. The van der Waals surface area contributed by atoms with Crippen LogP contribution in [0.5, 0.6) is 0 Å². The van der Waals surface area contributed by atoms with Crippen LogP contribution in [0, 0.1) is 24.6 Å². The molecule has 2 aromatic carbocycles. The second-order valence-electron chi connectivity index (χ2n) is 8.32. The van der Waals surface area contributed by atoms with Gasteiger partial charge >= 0.3 is 0 Å². The second kappa shape index (κ2) is 8.32. The van der Waals surface area contributed by atoms with Crippen molar-refractivity contribution in [1.29, 1.82) is 0 Å². The third kappa shape index (κ3) is 4.31. The molecule has 150 valence electrons. The summed E-state index contributed by atoms with van der Waals surface area (Å²) in [4.78, 5) is 17.1. The van der Waals surface area contributed by atoms with Crippen molar-refractivity contribution in [2.45, 2.75) is 45.4 Å². The molecule has 0 saturated heterocycles. The van der Waals surface area contributed by atoms with Crippen molar-refractivity contribution in [3.05, 3.63) is 71.7 Å². The van der Waals surface area contributed by atoms with E-state index in [2.05, 4.69) is 10.3 Å². The van der Waals surface area contributed by atoms with Gasteiger partial charge in [-0.3, -0.25) is 9.78 Å². The predicted molar refractivity (Wildman–Crippen MR) is 115 cm³/mol. The van der Waals surface area contributed by atoms with Crippen molar-refractivity contribution < 1.29 is 9.18 Å². The molecule has 0 radical (unpaired) electrons. The van der Waals surface area contributed by atoms with Crippen LogP contribution in [0.1, 0.15) is 49.7 Å². The number of amides is 1. The number of nitrogens with zero attached hydrogens (tertiary/aromatic N) is 1. The van der Waals surface area contributed by atoms with Crippen LogP contribution in [0.15, 0.2) is 54.7 Å². The van der Waals surface area contributed by atoms with E-state index < -0.39 is 0 Å². The van der Waals surface area contributed by atoms with E-state index in [0.29, 0.717) is 11.8 Å². The fourth-order valence-corrected chi connectivity index (χ4v) is 4.62. The first-order valence-electron chi connectivity index (χ1n) is 10.4. The minimum Gasteiger partial charge on any atom is -0.326 e. The zero-order chi connectivity index (χ0) is 20.4. The topological polar surface area (TPSA) is 42.0 Å². The molecule has 1 atom stereocenters. The molecule has 0 bridgehead atoms. The third-order valence-corrected chi connectivity index (χ3v) is 6.36. The molecule has 4 heteroatoms. The summed E-state index contributed by atoms with van der Waals surface area (Å²) >= 11 is 0. The lowest BCUT2D eigenvalue weighted by Crippen LogP contribution is -2.29. The van der Waals surface area contributed by atoms with E-state index in [9.17, 15) is 9.18 Å². The molecule has 0 aliphatic heterocycles. The number of rotatable bonds is 4. The number of hydrogen-bond donors (Lipinski definition) is 1. The van der Waals surface area contributed by atoms with Gasteiger partial charge in [-0.15, -0.1) is 0 Å². The number of halogens is 1. The lowest BCUT2D eigenvalue weighted by Gasteiger charge is -2.32. The zero-order valence-corrected chi connectivity index (χ0v) is 17.0. The molecule has 1 N–H and O–H groups in total. The Hall–Kier alpha value is -2.75. The highest BCUT2D eigenvalue weighted by molar-refractivity contribution is 5.92. The highest BCUT2D eigenvalue weighted by atomic mass is 19.1. The Kier molecular flexibility index (Phi) is 5.61. The maximum absolute atomic E-state index is 13.8. The number of carbonyl (C=O) groups excluding carboxylic acids is 1. The van der Waals surface area contributed by atoms with Crippen LogP contribution in [-0.2, 0) is 4.79 Å². The third-order valence-electron chi connectivity index (χ3n) is 6.36. The number of nitrogens with one attached hydrogen (secondary N) is 1. The zero-order valence-electron chi connectivity index (χ0n) is 17.0. The Morgan fingerprint density at radius 1 is 1.10 bits per heavy atom. The van der Waals surface area contributed by atoms with Crippen LogP contribution >= 0.6 is 0 Å². The molecule has 1 fully saturated rings. The standard InChI is InChI=1S/C25H27FN2O/c1-16-4-3-5-21(14-16)28-25(29)17(2)18-6-8-19(9-7-18)22-12-13-27-24-11-10-20(26)15-23(22)24/h3-5,10-15,17-19H,6-9H2,1-2H3,(H,28,29)/t17-,18?,19?/m1/s1. The number of hydrogen-bond acceptors (Lipinski definition) is 2. The Labute approximate surface area is 171 Å². The van der Waals surface area contributed by atoms with Crippen molar-refractivity contribution in [3.63, 3.8) is 0 Å². The Morgan fingerprint density at radius 2 is 1.90 bits per heavy atom. The fraction of sp³-hybridized carbons (Fsp3) is 0.360. The molecule has 1 amide bonds. The Bertz CT molecular complexity index is 1020. The molecular weight excluding hydrogens is 363 g/mol. The smallest absolute Gasteiger partial charge is 0.227 e. The van der Waals surface area contributed by atoms with Crippen LogP contribution in [0.2, 0.25) is 0 Å². The first kappa shape index (κ1) is 19.6. The molecule has 1 aliphatic rings. The summed E-state index contributed by atoms with van der Waals surface area (Å²) in [5, 5.41) is 3.98. The summed E-state index contributed by atoms with van der Waals surface area (Å²) in [5.41, 5.74) is 4.03. The molecule has 1 aromatic heterocycles. The average Bonchev–Trinajstić information content (AvgIpc) is 2.73. The van der Waals surface area contributed by atoms with Gasteiger partial charge < -0.3 is 5.32 Å². The highest BCUT2D eigenvalue weighted by Crippen LogP contribution is 2.41. The number of aryl methyl sites for hydroxylation is 1. The van der Waals surface area contributed by atoms with E-state index in [1.165, 1.54) is 11.6 Å². The molecule has 3 aromatic rings. The maximum Gasteiger partial charge on any atom is 0.227 e. The Morgan fingerprint density at radius 3 is 2.66 bits per heavy atom. The molecule has 1 saturated carbocycles. The van der Waals surface area contributed by atoms with Gasteiger partial charge in [0.05, 0.1) is 5.52 Å². The number of anilines is 1. The predicted octanol–water partition coefficient (Wildman–Crippen LogP) is 6.23. The van der Waals surface area contributed by atoms with Crippen molar-refractivity contribution in [2.75, 3.05) is 5.32 Å².